The molecule has 0 aliphatic carbocycles. The minimum Gasteiger partial charge on any atom is -0.507 e. The lowest BCUT2D eigenvalue weighted by Crippen LogP contribution is -2.08. The molecule has 0 aliphatic rings. The first-order valence-corrected chi connectivity index (χ1v) is 12.9. The van der Waals surface area contributed by atoms with Crippen molar-refractivity contribution in [2.24, 2.45) is 4.99 Å². The van der Waals surface area contributed by atoms with Crippen LogP contribution in [0.25, 0.3) is 0 Å². The number of esters is 1. The van der Waals surface area contributed by atoms with Crippen LogP contribution in [0.3, 0.4) is 0 Å². The number of ether oxygens (including phenoxy) is 2. The maximum absolute atomic E-state index is 12.5. The number of aliphatic imine (C=N–C) groups is 1. The number of benzene rings is 3. The lowest BCUT2D eigenvalue weighted by Gasteiger charge is -2.08. The van der Waals surface area contributed by atoms with E-state index >= 15 is 0 Å². The highest BCUT2D eigenvalue weighted by molar-refractivity contribution is 5.91. The molecule has 0 heterocycles. The Balaban J connectivity index is 1.44. The lowest BCUT2D eigenvalue weighted by atomic mass is 10.1. The Kier molecular flexibility index (Phi) is 11.2. The molecule has 192 valence electrons. The molecule has 0 radical (unpaired) electrons. The van der Waals surface area contributed by atoms with Crippen molar-refractivity contribution in [2.75, 3.05) is 6.61 Å². The third-order valence-electron chi connectivity index (χ3n) is 5.90. The number of hydrogen-bond acceptors (Lipinski definition) is 6. The molecule has 3 aromatic carbocycles. The van der Waals surface area contributed by atoms with E-state index in [1.54, 1.807) is 60.7 Å². The normalized spacial score (nSPS) is 10.8. The van der Waals surface area contributed by atoms with E-state index < -0.39 is 5.97 Å². The molecule has 0 aliphatic heterocycles. The van der Waals surface area contributed by atoms with Gasteiger partial charge < -0.3 is 14.6 Å². The van der Waals surface area contributed by atoms with E-state index in [4.69, 9.17) is 14.7 Å². The van der Waals surface area contributed by atoms with E-state index in [0.29, 0.717) is 29.0 Å². The molecule has 0 spiro atoms. The molecule has 0 unspecified atom stereocenters. The van der Waals surface area contributed by atoms with Crippen molar-refractivity contribution in [3.63, 3.8) is 0 Å². The fourth-order valence-electron chi connectivity index (χ4n) is 3.78. The number of unbranched alkanes of at least 4 members (excludes halogenated alkanes) is 7. The predicted molar refractivity (Wildman–Crippen MR) is 146 cm³/mol. The fraction of sp³-hybridized carbons (Fsp3) is 0.323. The Morgan fingerprint density at radius 2 is 1.62 bits per heavy atom. The predicted octanol–water partition coefficient (Wildman–Crippen LogP) is 7.75. The van der Waals surface area contributed by atoms with Gasteiger partial charge in [-0.15, -0.1) is 0 Å². The van der Waals surface area contributed by atoms with Gasteiger partial charge in [0.05, 0.1) is 29.5 Å². The number of phenols is 1. The average molecular weight is 499 g/mol. The first-order valence-electron chi connectivity index (χ1n) is 12.9. The van der Waals surface area contributed by atoms with E-state index in [9.17, 15) is 9.90 Å². The highest BCUT2D eigenvalue weighted by atomic mass is 16.5. The Bertz CT molecular complexity index is 1210. The van der Waals surface area contributed by atoms with E-state index in [0.717, 1.165) is 12.2 Å². The quantitative estimate of drug-likeness (QED) is 0.106. The topological polar surface area (TPSA) is 91.9 Å². The molecule has 0 saturated heterocycles. The fourth-order valence-corrected chi connectivity index (χ4v) is 3.78. The summed E-state index contributed by atoms with van der Waals surface area (Å²) in [7, 11) is 0. The van der Waals surface area contributed by atoms with Crippen molar-refractivity contribution in [2.45, 2.75) is 58.3 Å². The second-order valence-electron chi connectivity index (χ2n) is 8.88. The summed E-state index contributed by atoms with van der Waals surface area (Å²) in [5.41, 5.74) is 1.95. The number of nitriles is 1. The number of rotatable bonds is 14. The molecule has 0 amide bonds. The molecule has 6 heteroatoms. The van der Waals surface area contributed by atoms with Crippen LogP contribution in [0, 0.1) is 11.3 Å². The summed E-state index contributed by atoms with van der Waals surface area (Å²) >= 11 is 0. The highest BCUT2D eigenvalue weighted by Gasteiger charge is 2.11. The van der Waals surface area contributed by atoms with Crippen LogP contribution in [-0.2, 0) is 0 Å². The van der Waals surface area contributed by atoms with Crippen LogP contribution in [0.2, 0.25) is 0 Å². The zero-order valence-electron chi connectivity index (χ0n) is 21.4. The third-order valence-corrected chi connectivity index (χ3v) is 5.90. The summed E-state index contributed by atoms with van der Waals surface area (Å²) in [4.78, 5) is 16.8. The largest absolute Gasteiger partial charge is 0.507 e. The molecule has 0 bridgehead atoms. The van der Waals surface area contributed by atoms with Gasteiger partial charge in [-0.3, -0.25) is 4.99 Å². The minimum atomic E-state index is -0.524. The van der Waals surface area contributed by atoms with E-state index in [-0.39, 0.29) is 11.5 Å². The van der Waals surface area contributed by atoms with Crippen LogP contribution in [0.15, 0.2) is 71.7 Å². The zero-order valence-corrected chi connectivity index (χ0v) is 21.4. The van der Waals surface area contributed by atoms with Crippen molar-refractivity contribution in [3.05, 3.63) is 83.4 Å². The van der Waals surface area contributed by atoms with Crippen LogP contribution in [0.1, 0.15) is 79.8 Å². The molecule has 0 fully saturated rings. The molecule has 0 atom stereocenters. The summed E-state index contributed by atoms with van der Waals surface area (Å²) in [6, 6.07) is 20.3. The molecule has 6 nitrogen and oxygen atoms in total. The van der Waals surface area contributed by atoms with Gasteiger partial charge in [-0.05, 0) is 61.0 Å². The van der Waals surface area contributed by atoms with Gasteiger partial charge in [0.1, 0.15) is 17.2 Å². The molecule has 3 rings (SSSR count). The average Bonchev–Trinajstić information content (AvgIpc) is 2.92. The first-order chi connectivity index (χ1) is 18.1. The number of hydrogen-bond donors (Lipinski definition) is 1. The monoisotopic (exact) mass is 498 g/mol. The second-order valence-corrected chi connectivity index (χ2v) is 8.88. The third kappa shape index (κ3) is 9.46. The summed E-state index contributed by atoms with van der Waals surface area (Å²) in [6.45, 7) is 2.90. The van der Waals surface area contributed by atoms with Gasteiger partial charge in [-0.25, -0.2) is 4.79 Å². The van der Waals surface area contributed by atoms with Gasteiger partial charge in [0.2, 0.25) is 0 Å². The van der Waals surface area contributed by atoms with Crippen LogP contribution >= 0.6 is 0 Å². The summed E-state index contributed by atoms with van der Waals surface area (Å²) < 4.78 is 11.2. The van der Waals surface area contributed by atoms with Crippen molar-refractivity contribution in [1.82, 2.24) is 0 Å². The number of carbonyl (C=O) groups is 1. The van der Waals surface area contributed by atoms with Crippen LogP contribution < -0.4 is 9.47 Å². The van der Waals surface area contributed by atoms with Gasteiger partial charge in [0.15, 0.2) is 0 Å². The van der Waals surface area contributed by atoms with Crippen LogP contribution in [0.5, 0.6) is 17.2 Å². The van der Waals surface area contributed by atoms with Crippen LogP contribution in [0.4, 0.5) is 5.69 Å². The molecule has 0 saturated carbocycles. The molecule has 3 aromatic rings. The summed E-state index contributed by atoms with van der Waals surface area (Å²) in [5, 5.41) is 19.3. The smallest absolute Gasteiger partial charge is 0.343 e. The molecular formula is C31H34N2O4. The van der Waals surface area contributed by atoms with Crippen molar-refractivity contribution in [1.29, 1.82) is 5.26 Å². The Morgan fingerprint density at radius 3 is 2.32 bits per heavy atom. The number of aromatic hydroxyl groups is 1. The SMILES string of the molecule is CCCCCCCCCCOc1ccc(C(=O)Oc2ccc(C=Nc3cccc(C#N)c3)c(O)c2)cc1. The second kappa shape index (κ2) is 15.1. The number of nitrogens with zero attached hydrogens (tertiary/aromatic N) is 2. The van der Waals surface area contributed by atoms with E-state index in [2.05, 4.69) is 18.0 Å². The molecule has 1 N–H and O–H groups in total. The van der Waals surface area contributed by atoms with Gasteiger partial charge in [0, 0.05) is 17.8 Å². The van der Waals surface area contributed by atoms with Crippen molar-refractivity contribution in [3.8, 4) is 23.3 Å². The Labute approximate surface area is 219 Å². The number of carbonyl (C=O) groups excluding carboxylic acids is 1. The summed E-state index contributed by atoms with van der Waals surface area (Å²) in [5.74, 6) is 0.348. The zero-order chi connectivity index (χ0) is 26.3. The van der Waals surface area contributed by atoms with Crippen LogP contribution in [-0.4, -0.2) is 23.9 Å². The minimum absolute atomic E-state index is 0.0739. The lowest BCUT2D eigenvalue weighted by molar-refractivity contribution is 0.0734. The van der Waals surface area contributed by atoms with Gasteiger partial charge >= 0.3 is 5.97 Å². The Hall–Kier alpha value is -4.11. The maximum Gasteiger partial charge on any atom is 0.343 e. The van der Waals surface area contributed by atoms with E-state index in [1.165, 1.54) is 57.2 Å². The first kappa shape index (κ1) is 27.5. The van der Waals surface area contributed by atoms with E-state index in [1.807, 2.05) is 0 Å². The standard InChI is InChI=1S/C31H34N2O4/c1-2-3-4-5-6-7-8-9-19-36-28-16-13-25(14-17-28)31(35)37-29-18-15-26(30(34)21-29)23-33-27-12-10-11-24(20-27)22-32/h10-18,20-21,23,34H,2-9,19H2,1H3. The van der Waals surface area contributed by atoms with Gasteiger partial charge in [-0.2, -0.15) is 5.26 Å². The van der Waals surface area contributed by atoms with Crippen molar-refractivity contribution < 1.29 is 19.4 Å². The molecular weight excluding hydrogens is 464 g/mol. The number of phenolic OH excluding ortho intramolecular Hbond substituents is 1. The molecule has 37 heavy (non-hydrogen) atoms. The van der Waals surface area contributed by atoms with Gasteiger partial charge in [0.25, 0.3) is 0 Å². The Morgan fingerprint density at radius 1 is 0.919 bits per heavy atom. The highest BCUT2D eigenvalue weighted by Crippen LogP contribution is 2.24. The summed E-state index contributed by atoms with van der Waals surface area (Å²) in [6.07, 6.45) is 11.5. The van der Waals surface area contributed by atoms with Gasteiger partial charge in [-0.1, -0.05) is 57.9 Å². The van der Waals surface area contributed by atoms with Crippen molar-refractivity contribution >= 4 is 17.9 Å². The molecule has 0 aromatic heterocycles. The maximum atomic E-state index is 12.5.